The largest absolute Gasteiger partial charge is 0.483 e. The third-order valence-corrected chi connectivity index (χ3v) is 5.36. The topological polar surface area (TPSA) is 47.4 Å². The lowest BCUT2D eigenvalue weighted by molar-refractivity contribution is -0.131. The van der Waals surface area contributed by atoms with Gasteiger partial charge in [0.15, 0.2) is 11.9 Å². The molecule has 1 aliphatic heterocycles. The van der Waals surface area contributed by atoms with Crippen LogP contribution in [-0.4, -0.2) is 33.4 Å². The van der Waals surface area contributed by atoms with Gasteiger partial charge in [0.05, 0.1) is 11.0 Å². The fourth-order valence-corrected chi connectivity index (χ4v) is 3.88. The van der Waals surface area contributed by atoms with Crippen LogP contribution in [0.25, 0.3) is 11.0 Å². The van der Waals surface area contributed by atoms with Crippen LogP contribution >= 0.6 is 0 Å². The molecule has 0 spiro atoms. The van der Waals surface area contributed by atoms with Gasteiger partial charge in [0, 0.05) is 13.1 Å². The first kappa shape index (κ1) is 18.5. The van der Waals surface area contributed by atoms with Gasteiger partial charge in [0.1, 0.15) is 12.3 Å². The van der Waals surface area contributed by atoms with E-state index in [0.29, 0.717) is 6.54 Å². The zero-order valence-electron chi connectivity index (χ0n) is 16.4. The van der Waals surface area contributed by atoms with Crippen LogP contribution in [-0.2, 0) is 11.3 Å². The van der Waals surface area contributed by atoms with Gasteiger partial charge in [-0.25, -0.2) is 4.98 Å². The lowest BCUT2D eigenvalue weighted by Crippen LogP contribution is -2.35. The van der Waals surface area contributed by atoms with Crippen LogP contribution in [0, 0.1) is 0 Å². The number of ether oxygens (including phenoxy) is 1. The molecule has 1 unspecified atom stereocenters. The molecule has 0 aliphatic carbocycles. The van der Waals surface area contributed by atoms with Crippen molar-refractivity contribution in [3.8, 4) is 5.75 Å². The number of fused-ring (bicyclic) bond motifs is 1. The summed E-state index contributed by atoms with van der Waals surface area (Å²) in [5.41, 5.74) is 1.87. The summed E-state index contributed by atoms with van der Waals surface area (Å²) < 4.78 is 8.13. The Morgan fingerprint density at radius 2 is 1.68 bits per heavy atom. The summed E-state index contributed by atoms with van der Waals surface area (Å²) in [6, 6.07) is 17.7. The van der Waals surface area contributed by atoms with E-state index in [1.807, 2.05) is 71.0 Å². The van der Waals surface area contributed by atoms with Crippen molar-refractivity contribution in [3.05, 3.63) is 60.4 Å². The Morgan fingerprint density at radius 3 is 2.43 bits per heavy atom. The highest BCUT2D eigenvalue weighted by Gasteiger charge is 2.22. The number of nitrogens with zero attached hydrogens (tertiary/aromatic N) is 3. The van der Waals surface area contributed by atoms with E-state index in [4.69, 9.17) is 9.72 Å². The molecule has 0 saturated carbocycles. The number of aromatic nitrogens is 2. The molecule has 0 radical (unpaired) electrons. The summed E-state index contributed by atoms with van der Waals surface area (Å²) >= 11 is 0. The molecule has 1 aliphatic rings. The molecule has 5 heteroatoms. The Bertz CT molecular complexity index is 927. The highest BCUT2D eigenvalue weighted by Crippen LogP contribution is 2.25. The molecule has 0 N–H and O–H groups in total. The summed E-state index contributed by atoms with van der Waals surface area (Å²) in [4.78, 5) is 19.8. The lowest BCUT2D eigenvalue weighted by Gasteiger charge is -2.22. The highest BCUT2D eigenvalue weighted by molar-refractivity contribution is 5.81. The van der Waals surface area contributed by atoms with E-state index in [0.717, 1.165) is 48.5 Å². The second-order valence-electron chi connectivity index (χ2n) is 7.41. The van der Waals surface area contributed by atoms with Crippen molar-refractivity contribution in [2.24, 2.45) is 0 Å². The van der Waals surface area contributed by atoms with Crippen LogP contribution < -0.4 is 4.74 Å². The van der Waals surface area contributed by atoms with Crippen LogP contribution in [0.15, 0.2) is 54.6 Å². The summed E-state index contributed by atoms with van der Waals surface area (Å²) in [7, 11) is 0. The van der Waals surface area contributed by atoms with E-state index >= 15 is 0 Å². The molecular weight excluding hydrogens is 350 g/mol. The molecule has 3 aromatic rings. The number of carbonyl (C=O) groups excluding carboxylic acids is 1. The quantitative estimate of drug-likeness (QED) is 0.654. The van der Waals surface area contributed by atoms with Crippen molar-refractivity contribution in [3.63, 3.8) is 0 Å². The second kappa shape index (κ2) is 8.46. The number of benzene rings is 2. The number of imidazole rings is 1. The molecule has 1 aromatic heterocycles. The fraction of sp³-hybridized carbons (Fsp3) is 0.391. The number of carbonyl (C=O) groups is 1. The molecule has 1 amide bonds. The van der Waals surface area contributed by atoms with Crippen molar-refractivity contribution in [2.45, 2.75) is 45.3 Å². The Labute approximate surface area is 165 Å². The molecule has 0 bridgehead atoms. The Kier molecular flexibility index (Phi) is 5.60. The van der Waals surface area contributed by atoms with Gasteiger partial charge in [0.2, 0.25) is 5.91 Å². The van der Waals surface area contributed by atoms with Crippen molar-refractivity contribution >= 4 is 16.9 Å². The molecule has 1 atom stereocenters. The van der Waals surface area contributed by atoms with Gasteiger partial charge >= 0.3 is 0 Å². The molecule has 2 heterocycles. The van der Waals surface area contributed by atoms with Crippen LogP contribution in [0.2, 0.25) is 0 Å². The van der Waals surface area contributed by atoms with Gasteiger partial charge in [-0.1, -0.05) is 43.2 Å². The number of para-hydroxylation sites is 3. The minimum atomic E-state index is -0.258. The van der Waals surface area contributed by atoms with Gasteiger partial charge in [0.25, 0.3) is 0 Å². The third-order valence-electron chi connectivity index (χ3n) is 5.36. The van der Waals surface area contributed by atoms with Gasteiger partial charge in [-0.15, -0.1) is 0 Å². The van der Waals surface area contributed by atoms with E-state index in [1.165, 1.54) is 12.8 Å². The molecule has 2 aromatic carbocycles. The zero-order chi connectivity index (χ0) is 19.3. The second-order valence-corrected chi connectivity index (χ2v) is 7.41. The van der Waals surface area contributed by atoms with Crippen molar-refractivity contribution in [1.82, 2.24) is 14.5 Å². The van der Waals surface area contributed by atoms with E-state index in [9.17, 15) is 4.79 Å². The predicted octanol–water partition coefficient (Wildman–Crippen LogP) is 4.58. The third kappa shape index (κ3) is 4.03. The van der Waals surface area contributed by atoms with Crippen LogP contribution in [0.4, 0.5) is 0 Å². The maximum atomic E-state index is 13.0. The number of hydrogen-bond donors (Lipinski definition) is 0. The minimum absolute atomic E-state index is 0.165. The number of likely N-dealkylation sites (tertiary alicyclic amines) is 1. The highest BCUT2D eigenvalue weighted by atomic mass is 16.5. The maximum absolute atomic E-state index is 13.0. The van der Waals surface area contributed by atoms with E-state index in [1.54, 1.807) is 0 Å². The van der Waals surface area contributed by atoms with Gasteiger partial charge in [-0.2, -0.15) is 0 Å². The Morgan fingerprint density at radius 1 is 1.00 bits per heavy atom. The van der Waals surface area contributed by atoms with Crippen molar-refractivity contribution < 1.29 is 9.53 Å². The maximum Gasteiger partial charge on any atom is 0.242 e. The molecule has 146 valence electrons. The van der Waals surface area contributed by atoms with Crippen LogP contribution in [0.3, 0.4) is 0 Å². The minimum Gasteiger partial charge on any atom is -0.483 e. The van der Waals surface area contributed by atoms with Crippen LogP contribution in [0.5, 0.6) is 5.75 Å². The average molecular weight is 377 g/mol. The summed E-state index contributed by atoms with van der Waals surface area (Å²) in [6.07, 6.45) is 4.36. The van der Waals surface area contributed by atoms with Gasteiger partial charge < -0.3 is 14.2 Å². The molecule has 4 rings (SSSR count). The first-order valence-electron chi connectivity index (χ1n) is 10.2. The van der Waals surface area contributed by atoms with E-state index in [-0.39, 0.29) is 12.0 Å². The van der Waals surface area contributed by atoms with Crippen molar-refractivity contribution in [1.29, 1.82) is 0 Å². The SMILES string of the molecule is CC(Oc1ccccc1)c1nc2ccccc2n1CC(=O)N1CCCCCC1. The Balaban J connectivity index is 1.62. The number of amides is 1. The van der Waals surface area contributed by atoms with E-state index in [2.05, 4.69) is 0 Å². The monoisotopic (exact) mass is 377 g/mol. The van der Waals surface area contributed by atoms with Crippen LogP contribution in [0.1, 0.15) is 44.5 Å². The molecule has 1 fully saturated rings. The summed E-state index contributed by atoms with van der Waals surface area (Å²) in [6.45, 7) is 4.01. The van der Waals surface area contributed by atoms with Crippen molar-refractivity contribution in [2.75, 3.05) is 13.1 Å². The molecule has 1 saturated heterocycles. The fourth-order valence-electron chi connectivity index (χ4n) is 3.88. The molecular formula is C23H27N3O2. The standard InChI is InChI=1S/C23H27N3O2/c1-18(28-19-11-5-4-6-12-19)23-24-20-13-7-8-14-21(20)26(23)17-22(27)25-15-9-2-3-10-16-25/h4-8,11-14,18H,2-3,9-10,15-17H2,1H3. The molecule has 5 nitrogen and oxygen atoms in total. The lowest BCUT2D eigenvalue weighted by atomic mass is 10.2. The molecule has 28 heavy (non-hydrogen) atoms. The smallest absolute Gasteiger partial charge is 0.242 e. The number of rotatable bonds is 5. The normalized spacial score (nSPS) is 16.0. The summed E-state index contributed by atoms with van der Waals surface area (Å²) in [5.74, 6) is 1.75. The zero-order valence-corrected chi connectivity index (χ0v) is 16.4. The average Bonchev–Trinajstić information content (AvgIpc) is 2.89. The number of hydrogen-bond acceptors (Lipinski definition) is 3. The first-order chi connectivity index (χ1) is 13.7. The Hall–Kier alpha value is -2.82. The van der Waals surface area contributed by atoms with Gasteiger partial charge in [-0.3, -0.25) is 4.79 Å². The predicted molar refractivity (Wildman–Crippen MR) is 110 cm³/mol. The first-order valence-corrected chi connectivity index (χ1v) is 10.2. The summed E-state index contributed by atoms with van der Waals surface area (Å²) in [5, 5.41) is 0. The van der Waals surface area contributed by atoms with E-state index < -0.39 is 0 Å². The van der Waals surface area contributed by atoms with Gasteiger partial charge in [-0.05, 0) is 44.0 Å².